The van der Waals surface area contributed by atoms with Crippen molar-refractivity contribution in [3.8, 4) is 28.3 Å². The van der Waals surface area contributed by atoms with E-state index in [1.807, 2.05) is 0 Å². The maximum absolute atomic E-state index is 13.2. The average molecular weight is 766 g/mol. The molecule has 0 unspecified atom stereocenters. The van der Waals surface area contributed by atoms with Crippen LogP contribution in [0.25, 0.3) is 22.5 Å². The third kappa shape index (κ3) is 10.4. The van der Waals surface area contributed by atoms with Crippen LogP contribution in [-0.4, -0.2) is 32.0 Å². The summed E-state index contributed by atoms with van der Waals surface area (Å²) in [6, 6.07) is 21.9. The van der Waals surface area contributed by atoms with Gasteiger partial charge in [0.25, 0.3) is 0 Å². The van der Waals surface area contributed by atoms with Crippen LogP contribution in [0.15, 0.2) is 104 Å². The van der Waals surface area contributed by atoms with Gasteiger partial charge in [0, 0.05) is 68.0 Å². The Morgan fingerprint density at radius 3 is 1.65 bits per heavy atom. The second kappa shape index (κ2) is 17.0. The number of carboxylic acids is 1. The molecule has 2 aromatic carbocycles. The Hall–Kier alpha value is -5.06. The molecular formula is C31H19F4IrN3O4-2. The number of esters is 1. The maximum Gasteiger partial charge on any atom is 0.358 e. The molecule has 0 aliphatic rings. The number of hydrogen-bond acceptors (Lipinski definition) is 6. The molecule has 0 saturated carbocycles. The number of halogens is 4. The van der Waals surface area contributed by atoms with Crippen molar-refractivity contribution in [2.45, 2.75) is 0 Å². The minimum atomic E-state index is -1.25. The summed E-state index contributed by atoms with van der Waals surface area (Å²) in [5.41, 5.74) is 0.969. The Morgan fingerprint density at radius 2 is 1.26 bits per heavy atom. The van der Waals surface area contributed by atoms with Crippen LogP contribution >= 0.6 is 0 Å². The monoisotopic (exact) mass is 766 g/mol. The number of ether oxygens (including phenoxy) is 1. The van der Waals surface area contributed by atoms with Gasteiger partial charge in [-0.05, 0) is 35.7 Å². The van der Waals surface area contributed by atoms with E-state index in [9.17, 15) is 27.2 Å². The molecule has 43 heavy (non-hydrogen) atoms. The van der Waals surface area contributed by atoms with Gasteiger partial charge in [-0.15, -0.1) is 24.3 Å². The largest absolute Gasteiger partial charge is 0.476 e. The number of carboxylic acid groups (broad SMARTS) is 1. The summed E-state index contributed by atoms with van der Waals surface area (Å²) in [7, 11) is 0. The number of carbonyl (C=O) groups excluding carboxylic acids is 1. The van der Waals surface area contributed by atoms with Crippen molar-refractivity contribution in [3.05, 3.63) is 145 Å². The van der Waals surface area contributed by atoms with E-state index in [4.69, 9.17) is 5.11 Å². The molecule has 12 heteroatoms. The molecule has 0 aliphatic carbocycles. The van der Waals surface area contributed by atoms with E-state index in [0.717, 1.165) is 30.3 Å². The minimum absolute atomic E-state index is 0. The van der Waals surface area contributed by atoms with Gasteiger partial charge < -0.3 is 19.8 Å². The molecule has 0 spiro atoms. The quantitative estimate of drug-likeness (QED) is 0.0942. The van der Waals surface area contributed by atoms with Crippen LogP contribution in [0.5, 0.6) is 5.75 Å². The first kappa shape index (κ1) is 34.1. The summed E-state index contributed by atoms with van der Waals surface area (Å²) in [6.07, 6.45) is 5.34. The zero-order chi connectivity index (χ0) is 30.5. The van der Waals surface area contributed by atoms with Crippen molar-refractivity contribution in [2.75, 3.05) is 0 Å². The molecule has 0 fully saturated rings. The zero-order valence-electron chi connectivity index (χ0n) is 21.8. The van der Waals surface area contributed by atoms with Crippen molar-refractivity contribution in [1.82, 2.24) is 15.0 Å². The summed E-state index contributed by atoms with van der Waals surface area (Å²) < 4.78 is 56.2. The predicted molar refractivity (Wildman–Crippen MR) is 144 cm³/mol. The minimum Gasteiger partial charge on any atom is -0.476 e. The molecule has 0 amide bonds. The molecule has 5 rings (SSSR count). The fourth-order valence-electron chi connectivity index (χ4n) is 3.09. The summed E-state index contributed by atoms with van der Waals surface area (Å²) in [5.74, 6) is -4.64. The van der Waals surface area contributed by atoms with E-state index in [2.05, 4.69) is 38.4 Å². The zero-order valence-corrected chi connectivity index (χ0v) is 24.2. The summed E-state index contributed by atoms with van der Waals surface area (Å²) in [5, 5.41) is 8.67. The molecular weight excluding hydrogens is 747 g/mol. The maximum atomic E-state index is 13.2. The van der Waals surface area contributed by atoms with E-state index < -0.39 is 35.2 Å². The van der Waals surface area contributed by atoms with Crippen LogP contribution in [0, 0.1) is 35.4 Å². The second-order valence-electron chi connectivity index (χ2n) is 7.79. The van der Waals surface area contributed by atoms with Crippen molar-refractivity contribution < 1.29 is 57.1 Å². The third-order valence-corrected chi connectivity index (χ3v) is 4.91. The van der Waals surface area contributed by atoms with Gasteiger partial charge in [0.05, 0.1) is 0 Å². The molecule has 221 valence electrons. The molecule has 7 nitrogen and oxygen atoms in total. The van der Waals surface area contributed by atoms with Gasteiger partial charge in [-0.1, -0.05) is 54.1 Å². The third-order valence-electron chi connectivity index (χ3n) is 4.91. The van der Waals surface area contributed by atoms with Crippen LogP contribution in [0.1, 0.15) is 10.5 Å². The number of benzene rings is 2. The van der Waals surface area contributed by atoms with E-state index in [-0.39, 0.29) is 42.7 Å². The number of nitrogens with zero attached hydrogens (tertiary/aromatic N) is 3. The molecule has 0 aliphatic heterocycles. The van der Waals surface area contributed by atoms with Crippen LogP contribution < -0.4 is 4.74 Å². The fourth-order valence-corrected chi connectivity index (χ4v) is 3.09. The average Bonchev–Trinajstić information content (AvgIpc) is 2.99. The topological polar surface area (TPSA) is 102 Å². The van der Waals surface area contributed by atoms with Crippen LogP contribution in [0.4, 0.5) is 17.6 Å². The number of aromatic nitrogens is 3. The Morgan fingerprint density at radius 1 is 0.767 bits per heavy atom. The first-order valence-corrected chi connectivity index (χ1v) is 11.8. The van der Waals surface area contributed by atoms with Crippen molar-refractivity contribution in [3.63, 3.8) is 0 Å². The fraction of sp³-hybridized carbons (Fsp3) is 0. The van der Waals surface area contributed by atoms with Gasteiger partial charge in [-0.25, -0.2) is 14.6 Å². The van der Waals surface area contributed by atoms with Crippen molar-refractivity contribution >= 4 is 11.9 Å². The first-order chi connectivity index (χ1) is 20.2. The SMILES string of the molecule is C=CC(=O)Oc1cccnc1C(=O)O.Fc1c[c-]c(-c2ccccn2)c(F)c1.Fc1c[c-]c(-c2ccccn2)c(F)c1.[Ir]. The number of rotatable bonds is 5. The molecule has 5 aromatic rings. The van der Waals surface area contributed by atoms with E-state index in [1.54, 1.807) is 48.8 Å². The second-order valence-corrected chi connectivity index (χ2v) is 7.79. The standard InChI is InChI=1S/2C11H6F2N.C9H7NO4.Ir/c2*12-8-4-5-9(10(13)7-8)11-3-1-2-6-14-11;1-2-7(11)14-6-4-3-5-10-8(6)9(12)13;/h2*1-4,6-7H;2-5H,1H2,(H,12,13);/q2*-1;;. The number of carbonyl (C=O) groups is 2. The molecule has 3 heterocycles. The Balaban J connectivity index is 0.000000223. The van der Waals surface area contributed by atoms with Crippen molar-refractivity contribution in [2.24, 2.45) is 0 Å². The van der Waals surface area contributed by atoms with Gasteiger partial charge in [0.2, 0.25) is 0 Å². The first-order valence-electron chi connectivity index (χ1n) is 11.8. The van der Waals surface area contributed by atoms with Gasteiger partial charge in [0.1, 0.15) is 0 Å². The van der Waals surface area contributed by atoms with Gasteiger partial charge in [-0.3, -0.25) is 17.6 Å². The Kier molecular flexibility index (Phi) is 13.5. The summed E-state index contributed by atoms with van der Waals surface area (Å²) in [6.45, 7) is 3.19. The smallest absolute Gasteiger partial charge is 0.358 e. The van der Waals surface area contributed by atoms with Crippen LogP contribution in [-0.2, 0) is 24.9 Å². The van der Waals surface area contributed by atoms with E-state index in [1.165, 1.54) is 18.3 Å². The normalized spacial score (nSPS) is 9.58. The number of hydrogen-bond donors (Lipinski definition) is 1. The van der Waals surface area contributed by atoms with Crippen LogP contribution in [0.3, 0.4) is 0 Å². The molecule has 1 radical (unpaired) electrons. The molecule has 0 atom stereocenters. The van der Waals surface area contributed by atoms with Crippen molar-refractivity contribution in [1.29, 1.82) is 0 Å². The van der Waals surface area contributed by atoms with Gasteiger partial charge >= 0.3 is 11.9 Å². The predicted octanol–water partition coefficient (Wildman–Crippen LogP) is 6.52. The molecule has 0 bridgehead atoms. The Labute approximate surface area is 256 Å². The van der Waals surface area contributed by atoms with E-state index in [0.29, 0.717) is 11.4 Å². The molecule has 1 N–H and O–H groups in total. The summed E-state index contributed by atoms with van der Waals surface area (Å²) >= 11 is 0. The van der Waals surface area contributed by atoms with E-state index >= 15 is 0 Å². The molecule has 0 saturated heterocycles. The van der Waals surface area contributed by atoms with Gasteiger partial charge in [-0.2, -0.15) is 0 Å². The van der Waals surface area contributed by atoms with Crippen LogP contribution in [0.2, 0.25) is 0 Å². The van der Waals surface area contributed by atoms with Gasteiger partial charge in [0.15, 0.2) is 11.4 Å². The summed E-state index contributed by atoms with van der Waals surface area (Å²) in [4.78, 5) is 32.9. The molecule has 3 aromatic heterocycles. The Bertz CT molecular complexity index is 1590. The number of pyridine rings is 3. The number of aromatic carboxylic acids is 1.